The quantitative estimate of drug-likeness (QED) is 0.620. The zero-order valence-corrected chi connectivity index (χ0v) is 11.6. The lowest BCUT2D eigenvalue weighted by molar-refractivity contribution is -0.509. The van der Waals surface area contributed by atoms with E-state index in [0.29, 0.717) is 6.54 Å². The van der Waals surface area contributed by atoms with E-state index >= 15 is 0 Å². The first kappa shape index (κ1) is 15.3. The minimum atomic E-state index is -1.91. The second-order valence-corrected chi connectivity index (χ2v) is 6.18. The summed E-state index contributed by atoms with van der Waals surface area (Å²) in [4.78, 5) is 12.0. The first-order valence-electron chi connectivity index (χ1n) is 6.32. The number of hydrogen-bond donors (Lipinski definition) is 1. The SMILES string of the molecule is CCC1(F)CCN(C(C)(C)C)CC1(O)C[N+](=O)[O-]. The summed E-state index contributed by atoms with van der Waals surface area (Å²) in [5.41, 5.74) is -4.02. The average Bonchev–Trinajstić information content (AvgIpc) is 2.19. The van der Waals surface area contributed by atoms with E-state index in [1.54, 1.807) is 6.92 Å². The Balaban J connectivity index is 3.00. The van der Waals surface area contributed by atoms with Gasteiger partial charge >= 0.3 is 0 Å². The van der Waals surface area contributed by atoms with Crippen molar-refractivity contribution in [3.63, 3.8) is 0 Å². The Morgan fingerprint density at radius 2 is 2.06 bits per heavy atom. The molecule has 1 fully saturated rings. The van der Waals surface area contributed by atoms with E-state index in [0.717, 1.165) is 0 Å². The predicted octanol–water partition coefficient (Wildman–Crippen LogP) is 1.62. The monoisotopic (exact) mass is 262 g/mol. The third-order valence-corrected chi connectivity index (χ3v) is 3.96. The molecule has 1 heterocycles. The summed E-state index contributed by atoms with van der Waals surface area (Å²) in [6, 6.07) is 0. The molecule has 1 aliphatic rings. The van der Waals surface area contributed by atoms with Crippen molar-refractivity contribution in [3.8, 4) is 0 Å². The van der Waals surface area contributed by atoms with Crippen molar-refractivity contribution in [2.24, 2.45) is 0 Å². The molecule has 1 N–H and O–H groups in total. The van der Waals surface area contributed by atoms with Crippen LogP contribution in [-0.2, 0) is 0 Å². The van der Waals surface area contributed by atoms with Gasteiger partial charge in [0.05, 0.1) is 0 Å². The van der Waals surface area contributed by atoms with Crippen molar-refractivity contribution in [1.82, 2.24) is 4.90 Å². The van der Waals surface area contributed by atoms with Gasteiger partial charge in [0.1, 0.15) is 5.67 Å². The summed E-state index contributed by atoms with van der Waals surface area (Å²) in [6.07, 6.45) is 0.223. The van der Waals surface area contributed by atoms with Crippen LogP contribution < -0.4 is 0 Å². The Labute approximate surface area is 107 Å². The van der Waals surface area contributed by atoms with Gasteiger partial charge in [0.2, 0.25) is 6.54 Å². The normalized spacial score (nSPS) is 34.6. The van der Waals surface area contributed by atoms with Crippen LogP contribution in [0.3, 0.4) is 0 Å². The first-order chi connectivity index (χ1) is 8.04. The van der Waals surface area contributed by atoms with Crippen LogP contribution in [0.1, 0.15) is 40.5 Å². The van der Waals surface area contributed by atoms with Crippen LogP contribution in [-0.4, -0.2) is 51.4 Å². The maximum atomic E-state index is 14.7. The van der Waals surface area contributed by atoms with Crippen molar-refractivity contribution in [1.29, 1.82) is 0 Å². The molecule has 0 amide bonds. The molecule has 0 aromatic heterocycles. The number of hydrogen-bond acceptors (Lipinski definition) is 4. The standard InChI is InChI=1S/C12H23FN2O3/c1-5-11(13)6-7-14(10(2,3)4)8-12(11,16)9-15(17)18/h16H,5-9H2,1-4H3. The highest BCUT2D eigenvalue weighted by molar-refractivity contribution is 5.06. The minimum Gasteiger partial charge on any atom is -0.379 e. The molecule has 18 heavy (non-hydrogen) atoms. The fourth-order valence-electron chi connectivity index (χ4n) is 2.57. The van der Waals surface area contributed by atoms with E-state index < -0.39 is 22.7 Å². The van der Waals surface area contributed by atoms with Crippen molar-refractivity contribution in [3.05, 3.63) is 10.1 Å². The average molecular weight is 262 g/mol. The van der Waals surface area contributed by atoms with E-state index in [-0.39, 0.29) is 24.9 Å². The number of aliphatic hydroxyl groups is 1. The number of rotatable bonds is 3. The number of nitro groups is 1. The molecule has 2 unspecified atom stereocenters. The molecule has 106 valence electrons. The van der Waals surface area contributed by atoms with Crippen LogP contribution in [0.4, 0.5) is 4.39 Å². The van der Waals surface area contributed by atoms with Gasteiger partial charge in [-0.2, -0.15) is 0 Å². The van der Waals surface area contributed by atoms with Crippen LogP contribution in [0.25, 0.3) is 0 Å². The van der Waals surface area contributed by atoms with Gasteiger partial charge in [-0.3, -0.25) is 15.0 Å². The Morgan fingerprint density at radius 3 is 2.44 bits per heavy atom. The maximum absolute atomic E-state index is 14.7. The van der Waals surface area contributed by atoms with Gasteiger partial charge in [-0.1, -0.05) is 6.92 Å². The minimum absolute atomic E-state index is 0.00181. The van der Waals surface area contributed by atoms with Gasteiger partial charge < -0.3 is 5.11 Å². The third-order valence-electron chi connectivity index (χ3n) is 3.96. The Morgan fingerprint density at radius 1 is 1.50 bits per heavy atom. The first-order valence-corrected chi connectivity index (χ1v) is 6.32. The number of nitrogens with zero attached hydrogens (tertiary/aromatic N) is 2. The largest absolute Gasteiger partial charge is 0.379 e. The Bertz CT molecular complexity index is 332. The van der Waals surface area contributed by atoms with Crippen molar-refractivity contribution < 1.29 is 14.4 Å². The molecule has 1 aliphatic heterocycles. The second kappa shape index (κ2) is 4.74. The van der Waals surface area contributed by atoms with Gasteiger partial charge in [-0.25, -0.2) is 4.39 Å². The van der Waals surface area contributed by atoms with Crippen molar-refractivity contribution in [2.75, 3.05) is 19.6 Å². The van der Waals surface area contributed by atoms with Crippen LogP contribution in [0.2, 0.25) is 0 Å². The summed E-state index contributed by atoms with van der Waals surface area (Å²) in [7, 11) is 0. The number of halogens is 1. The second-order valence-electron chi connectivity index (χ2n) is 6.18. The van der Waals surface area contributed by atoms with E-state index in [4.69, 9.17) is 0 Å². The van der Waals surface area contributed by atoms with Crippen LogP contribution in [0, 0.1) is 10.1 Å². The van der Waals surface area contributed by atoms with Gasteiger partial charge in [0.15, 0.2) is 5.60 Å². The van der Waals surface area contributed by atoms with Crippen LogP contribution >= 0.6 is 0 Å². The molecule has 0 aromatic rings. The molecule has 2 atom stereocenters. The van der Waals surface area contributed by atoms with Gasteiger partial charge in [-0.05, 0) is 33.6 Å². The third kappa shape index (κ3) is 2.80. The highest BCUT2D eigenvalue weighted by Gasteiger charge is 2.57. The summed E-state index contributed by atoms with van der Waals surface area (Å²) < 4.78 is 14.7. The van der Waals surface area contributed by atoms with Gasteiger partial charge in [0.25, 0.3) is 0 Å². The van der Waals surface area contributed by atoms with Crippen LogP contribution in [0.5, 0.6) is 0 Å². The zero-order chi connectivity index (χ0) is 14.2. The van der Waals surface area contributed by atoms with Gasteiger partial charge in [-0.15, -0.1) is 0 Å². The molecule has 1 rings (SSSR count). The van der Waals surface area contributed by atoms with E-state index in [1.807, 2.05) is 25.7 Å². The summed E-state index contributed by atoms with van der Waals surface area (Å²) in [6.45, 7) is 7.25. The molecule has 5 nitrogen and oxygen atoms in total. The number of piperidine rings is 1. The molecule has 0 spiro atoms. The summed E-state index contributed by atoms with van der Waals surface area (Å²) in [5, 5.41) is 21.1. The molecule has 0 saturated carbocycles. The fraction of sp³-hybridized carbons (Fsp3) is 1.00. The van der Waals surface area contributed by atoms with Crippen LogP contribution in [0.15, 0.2) is 0 Å². The number of β-amino-alcohol motifs (C(OH)–C–C–N with tert-alkyl or cyclic N) is 1. The zero-order valence-electron chi connectivity index (χ0n) is 11.6. The van der Waals surface area contributed by atoms with Gasteiger partial charge in [0, 0.05) is 23.6 Å². The molecule has 0 aliphatic carbocycles. The summed E-state index contributed by atoms with van der Waals surface area (Å²) in [5.74, 6) is 0. The topological polar surface area (TPSA) is 66.6 Å². The smallest absolute Gasteiger partial charge is 0.236 e. The highest BCUT2D eigenvalue weighted by Crippen LogP contribution is 2.40. The highest BCUT2D eigenvalue weighted by atomic mass is 19.1. The molecule has 6 heteroatoms. The number of alkyl halides is 1. The molecule has 0 radical (unpaired) electrons. The maximum Gasteiger partial charge on any atom is 0.236 e. The molecule has 0 aromatic carbocycles. The lowest BCUT2D eigenvalue weighted by Gasteiger charge is -2.50. The lowest BCUT2D eigenvalue weighted by atomic mass is 9.75. The Kier molecular flexibility index (Phi) is 4.03. The number of likely N-dealkylation sites (tertiary alicyclic amines) is 1. The van der Waals surface area contributed by atoms with E-state index in [9.17, 15) is 19.6 Å². The van der Waals surface area contributed by atoms with E-state index in [2.05, 4.69) is 0 Å². The molecule has 1 saturated heterocycles. The molecular weight excluding hydrogens is 239 g/mol. The molecule has 0 bridgehead atoms. The summed E-state index contributed by atoms with van der Waals surface area (Å²) >= 11 is 0. The Hall–Kier alpha value is -0.750. The lowest BCUT2D eigenvalue weighted by Crippen LogP contribution is -2.68. The van der Waals surface area contributed by atoms with Crippen molar-refractivity contribution >= 4 is 0 Å². The van der Waals surface area contributed by atoms with E-state index in [1.165, 1.54) is 0 Å². The predicted molar refractivity (Wildman–Crippen MR) is 66.9 cm³/mol. The fourth-order valence-corrected chi connectivity index (χ4v) is 2.57. The molecular formula is C12H23FN2O3. The van der Waals surface area contributed by atoms with Crippen molar-refractivity contribution in [2.45, 2.75) is 57.3 Å².